The molecule has 0 aliphatic heterocycles. The van der Waals surface area contributed by atoms with Crippen molar-refractivity contribution < 1.29 is 9.84 Å². The van der Waals surface area contributed by atoms with Crippen molar-refractivity contribution in [3.63, 3.8) is 0 Å². The third-order valence-electron chi connectivity index (χ3n) is 4.02. The van der Waals surface area contributed by atoms with Crippen LogP contribution in [0.1, 0.15) is 37.5 Å². The quantitative estimate of drug-likeness (QED) is 0.902. The summed E-state index contributed by atoms with van der Waals surface area (Å²) in [5.74, 6) is 0.642. The minimum Gasteiger partial charge on any atom is -0.390 e. The van der Waals surface area contributed by atoms with Crippen LogP contribution in [0.15, 0.2) is 15.9 Å². The van der Waals surface area contributed by atoms with Gasteiger partial charge in [-0.1, -0.05) is 19.8 Å². The molecule has 0 radical (unpaired) electrons. The monoisotopic (exact) mass is 332 g/mol. The lowest BCUT2D eigenvalue weighted by Crippen LogP contribution is -2.48. The summed E-state index contributed by atoms with van der Waals surface area (Å²) >= 11 is 5.15. The van der Waals surface area contributed by atoms with Gasteiger partial charge in [0.15, 0.2) is 0 Å². The van der Waals surface area contributed by atoms with Crippen molar-refractivity contribution in [2.24, 2.45) is 5.92 Å². The van der Waals surface area contributed by atoms with Crippen molar-refractivity contribution in [2.75, 3.05) is 7.11 Å². The first-order valence-electron chi connectivity index (χ1n) is 6.52. The normalized spacial score (nSPS) is 30.3. The maximum Gasteiger partial charge on any atom is 0.0942 e. The van der Waals surface area contributed by atoms with Crippen LogP contribution in [0.25, 0.3) is 0 Å². The second kappa shape index (κ2) is 6.04. The molecule has 1 fully saturated rings. The smallest absolute Gasteiger partial charge is 0.0942 e. The van der Waals surface area contributed by atoms with Crippen LogP contribution in [0.2, 0.25) is 0 Å². The number of hydrogen-bond acceptors (Lipinski definition) is 3. The zero-order valence-corrected chi connectivity index (χ0v) is 13.4. The number of aliphatic hydroxyl groups is 1. The molecule has 3 unspecified atom stereocenters. The van der Waals surface area contributed by atoms with Gasteiger partial charge < -0.3 is 9.84 Å². The zero-order valence-electron chi connectivity index (χ0n) is 11.0. The van der Waals surface area contributed by atoms with E-state index in [1.54, 1.807) is 18.4 Å². The van der Waals surface area contributed by atoms with Gasteiger partial charge >= 0.3 is 0 Å². The molecule has 2 rings (SSSR count). The lowest BCUT2D eigenvalue weighted by Gasteiger charge is -2.42. The van der Waals surface area contributed by atoms with Crippen LogP contribution in [-0.4, -0.2) is 23.9 Å². The van der Waals surface area contributed by atoms with E-state index in [-0.39, 0.29) is 5.60 Å². The van der Waals surface area contributed by atoms with Crippen LogP contribution in [0, 0.1) is 5.92 Å². The molecular formula is C14H21BrO2S. The van der Waals surface area contributed by atoms with Gasteiger partial charge in [-0.15, -0.1) is 11.3 Å². The summed E-state index contributed by atoms with van der Waals surface area (Å²) in [4.78, 5) is 1.21. The van der Waals surface area contributed by atoms with Gasteiger partial charge in [-0.2, -0.15) is 0 Å². The molecule has 1 aromatic rings. The van der Waals surface area contributed by atoms with Gasteiger partial charge in [0.25, 0.3) is 0 Å². The minimum atomic E-state index is -0.407. The summed E-state index contributed by atoms with van der Waals surface area (Å²) in [6.45, 7) is 2.25. The van der Waals surface area contributed by atoms with E-state index in [2.05, 4.69) is 34.3 Å². The maximum absolute atomic E-state index is 10.6. The van der Waals surface area contributed by atoms with E-state index in [0.29, 0.717) is 12.3 Å². The van der Waals surface area contributed by atoms with Crippen molar-refractivity contribution >= 4 is 27.3 Å². The van der Waals surface area contributed by atoms with Gasteiger partial charge in [0.2, 0.25) is 0 Å². The summed E-state index contributed by atoms with van der Waals surface area (Å²) in [6, 6.07) is 2.09. The SMILES string of the molecule is COC1(C(O)Cc2cc(Br)cs2)CCCC(C)C1. The molecule has 102 valence electrons. The highest BCUT2D eigenvalue weighted by Crippen LogP contribution is 2.38. The van der Waals surface area contributed by atoms with Crippen LogP contribution < -0.4 is 0 Å². The maximum atomic E-state index is 10.6. The van der Waals surface area contributed by atoms with Gasteiger partial charge in [-0.05, 0) is 40.8 Å². The van der Waals surface area contributed by atoms with Crippen molar-refractivity contribution in [1.29, 1.82) is 0 Å². The van der Waals surface area contributed by atoms with Gasteiger partial charge in [-0.25, -0.2) is 0 Å². The fourth-order valence-corrected chi connectivity index (χ4v) is 4.49. The third-order valence-corrected chi connectivity index (χ3v) is 5.74. The standard InChI is InChI=1S/C14H21BrO2S/c1-10-4-3-5-14(8-10,17-2)13(16)7-12-6-11(15)9-18-12/h6,9-10,13,16H,3-5,7-8H2,1-2H3. The van der Waals surface area contributed by atoms with Crippen LogP contribution in [0.3, 0.4) is 0 Å². The zero-order chi connectivity index (χ0) is 13.2. The Hall–Kier alpha value is 0.1000. The first-order valence-corrected chi connectivity index (χ1v) is 8.19. The van der Waals surface area contributed by atoms with Crippen molar-refractivity contribution in [1.82, 2.24) is 0 Å². The number of methoxy groups -OCH3 is 1. The molecule has 0 aromatic carbocycles. The van der Waals surface area contributed by atoms with E-state index in [1.165, 1.54) is 11.3 Å². The Labute approximate surface area is 121 Å². The Morgan fingerprint density at radius 1 is 1.67 bits per heavy atom. The molecule has 0 amide bonds. The average Bonchev–Trinajstić information content (AvgIpc) is 2.74. The Bertz CT molecular complexity index is 393. The van der Waals surface area contributed by atoms with E-state index in [9.17, 15) is 5.11 Å². The Morgan fingerprint density at radius 3 is 3.00 bits per heavy atom. The molecule has 1 N–H and O–H groups in total. The van der Waals surface area contributed by atoms with E-state index < -0.39 is 6.10 Å². The molecule has 1 heterocycles. The second-order valence-corrected chi connectivity index (χ2v) is 7.33. The summed E-state index contributed by atoms with van der Waals surface area (Å²) in [6.07, 6.45) is 4.63. The van der Waals surface area contributed by atoms with Gasteiger partial charge in [0.05, 0.1) is 11.7 Å². The molecule has 1 aliphatic rings. The highest BCUT2D eigenvalue weighted by molar-refractivity contribution is 9.10. The van der Waals surface area contributed by atoms with Crippen LogP contribution >= 0.6 is 27.3 Å². The average molecular weight is 333 g/mol. The molecule has 4 heteroatoms. The molecule has 0 spiro atoms. The number of aliphatic hydroxyl groups excluding tert-OH is 1. The summed E-state index contributed by atoms with van der Waals surface area (Å²) in [7, 11) is 1.74. The largest absolute Gasteiger partial charge is 0.390 e. The van der Waals surface area contributed by atoms with Gasteiger partial charge in [0.1, 0.15) is 0 Å². The minimum absolute atomic E-state index is 0.339. The lowest BCUT2D eigenvalue weighted by atomic mass is 9.74. The highest BCUT2D eigenvalue weighted by Gasteiger charge is 2.41. The van der Waals surface area contributed by atoms with Crippen molar-refractivity contribution in [3.8, 4) is 0 Å². The topological polar surface area (TPSA) is 29.5 Å². The molecule has 1 saturated carbocycles. The number of rotatable bonds is 4. The second-order valence-electron chi connectivity index (χ2n) is 5.42. The van der Waals surface area contributed by atoms with Crippen LogP contribution in [-0.2, 0) is 11.2 Å². The van der Waals surface area contributed by atoms with Crippen molar-refractivity contribution in [2.45, 2.75) is 50.7 Å². The molecule has 1 aliphatic carbocycles. The molecule has 2 nitrogen and oxygen atoms in total. The lowest BCUT2D eigenvalue weighted by molar-refractivity contribution is -0.130. The first kappa shape index (κ1) is 14.5. The summed E-state index contributed by atoms with van der Waals surface area (Å²) in [5, 5.41) is 12.6. The molecule has 0 saturated heterocycles. The third kappa shape index (κ3) is 3.16. The van der Waals surface area contributed by atoms with Crippen molar-refractivity contribution in [3.05, 3.63) is 20.8 Å². The molecule has 1 aromatic heterocycles. The molecular weight excluding hydrogens is 312 g/mol. The molecule has 3 atom stereocenters. The Kier molecular flexibility index (Phi) is 4.86. The number of halogens is 1. The van der Waals surface area contributed by atoms with Crippen LogP contribution in [0.5, 0.6) is 0 Å². The number of hydrogen-bond donors (Lipinski definition) is 1. The van der Waals surface area contributed by atoms with E-state index >= 15 is 0 Å². The Balaban J connectivity index is 2.07. The predicted octanol–water partition coefficient (Wildman–Crippen LogP) is 4.01. The summed E-state index contributed by atoms with van der Waals surface area (Å²) < 4.78 is 6.83. The Morgan fingerprint density at radius 2 is 2.44 bits per heavy atom. The first-order chi connectivity index (χ1) is 8.55. The molecule has 18 heavy (non-hydrogen) atoms. The predicted molar refractivity (Wildman–Crippen MR) is 79.1 cm³/mol. The van der Waals surface area contributed by atoms with Gasteiger partial charge in [-0.3, -0.25) is 0 Å². The number of ether oxygens (including phenoxy) is 1. The van der Waals surface area contributed by atoms with E-state index in [0.717, 1.165) is 23.7 Å². The van der Waals surface area contributed by atoms with E-state index in [1.807, 2.05) is 0 Å². The van der Waals surface area contributed by atoms with E-state index in [4.69, 9.17) is 4.74 Å². The summed E-state index contributed by atoms with van der Waals surface area (Å²) in [5.41, 5.74) is -0.339. The van der Waals surface area contributed by atoms with Crippen LogP contribution in [0.4, 0.5) is 0 Å². The van der Waals surface area contributed by atoms with Gasteiger partial charge in [0, 0.05) is 28.3 Å². The highest BCUT2D eigenvalue weighted by atomic mass is 79.9. The fraction of sp³-hybridized carbons (Fsp3) is 0.714. The fourth-order valence-electron chi connectivity index (χ4n) is 3.01. The number of thiophene rings is 1. The molecule has 0 bridgehead atoms.